The maximum atomic E-state index is 12.9. The molecule has 0 spiro atoms. The summed E-state index contributed by atoms with van der Waals surface area (Å²) in [6.45, 7) is 0.454. The number of fused-ring (bicyclic) bond motifs is 1. The molecule has 1 unspecified atom stereocenters. The van der Waals surface area contributed by atoms with E-state index in [-0.39, 0.29) is 12.1 Å². The van der Waals surface area contributed by atoms with Gasteiger partial charge in [-0.3, -0.25) is 9.89 Å². The van der Waals surface area contributed by atoms with Crippen LogP contribution < -0.4 is 10.2 Å². The number of anilines is 1. The summed E-state index contributed by atoms with van der Waals surface area (Å²) in [7, 11) is 0. The van der Waals surface area contributed by atoms with Crippen molar-refractivity contribution in [2.75, 3.05) is 11.4 Å². The van der Waals surface area contributed by atoms with Crippen molar-refractivity contribution in [1.82, 2.24) is 5.32 Å². The Labute approximate surface area is 174 Å². The molecule has 2 aromatic carbocycles. The van der Waals surface area contributed by atoms with E-state index in [2.05, 4.69) is 10.3 Å². The van der Waals surface area contributed by atoms with Gasteiger partial charge in [0.1, 0.15) is 4.88 Å². The minimum Gasteiger partial charge on any atom is -0.335 e. The van der Waals surface area contributed by atoms with E-state index in [1.54, 1.807) is 17.0 Å². The Morgan fingerprint density at radius 1 is 1.07 bits per heavy atom. The molecular formula is C22H16F3N3OS. The minimum absolute atomic E-state index is 0.181. The number of aliphatic imine (C=N–C) groups is 1. The number of carbonyl (C=O) groups excluding carboxylic acids is 1. The molecule has 0 saturated carbocycles. The third-order valence-corrected chi connectivity index (χ3v) is 6.51. The Kier molecular flexibility index (Phi) is 4.39. The molecule has 3 heterocycles. The van der Waals surface area contributed by atoms with Gasteiger partial charge in [-0.25, -0.2) is 4.79 Å². The Hall–Kier alpha value is -3.13. The molecule has 2 amide bonds. The van der Waals surface area contributed by atoms with E-state index in [4.69, 9.17) is 0 Å². The van der Waals surface area contributed by atoms with Crippen molar-refractivity contribution in [3.63, 3.8) is 0 Å². The average molecular weight is 427 g/mol. The molecule has 2 aliphatic rings. The van der Waals surface area contributed by atoms with E-state index >= 15 is 0 Å². The number of carbonyl (C=O) groups is 1. The molecule has 0 aliphatic carbocycles. The van der Waals surface area contributed by atoms with E-state index in [1.165, 1.54) is 6.07 Å². The van der Waals surface area contributed by atoms with E-state index < -0.39 is 11.1 Å². The molecule has 2 aliphatic heterocycles. The van der Waals surface area contributed by atoms with Crippen molar-refractivity contribution in [3.8, 4) is 10.4 Å². The summed E-state index contributed by atoms with van der Waals surface area (Å²) in [6, 6.07) is 15.4. The van der Waals surface area contributed by atoms with Crippen LogP contribution in [-0.4, -0.2) is 18.8 Å². The predicted octanol–water partition coefficient (Wildman–Crippen LogP) is 5.96. The van der Waals surface area contributed by atoms with Gasteiger partial charge in [-0.05, 0) is 41.0 Å². The van der Waals surface area contributed by atoms with E-state index in [1.807, 2.05) is 36.5 Å². The van der Waals surface area contributed by atoms with E-state index in [0.29, 0.717) is 11.4 Å². The van der Waals surface area contributed by atoms with Crippen LogP contribution in [-0.2, 0) is 12.6 Å². The second-order valence-corrected chi connectivity index (χ2v) is 8.27. The summed E-state index contributed by atoms with van der Waals surface area (Å²) < 4.78 is 38.6. The summed E-state index contributed by atoms with van der Waals surface area (Å²) in [5.41, 5.74) is 4.40. The number of rotatable bonds is 3. The first-order valence-corrected chi connectivity index (χ1v) is 10.2. The molecule has 152 valence electrons. The lowest BCUT2D eigenvalue weighted by molar-refractivity contribution is -0.134. The van der Waals surface area contributed by atoms with Gasteiger partial charge in [-0.1, -0.05) is 30.3 Å². The van der Waals surface area contributed by atoms with Crippen LogP contribution in [0.15, 0.2) is 59.6 Å². The fourth-order valence-corrected chi connectivity index (χ4v) is 4.70. The third kappa shape index (κ3) is 3.27. The van der Waals surface area contributed by atoms with Crippen LogP contribution in [0, 0.1) is 0 Å². The number of amides is 2. The van der Waals surface area contributed by atoms with Crippen molar-refractivity contribution in [1.29, 1.82) is 0 Å². The molecule has 5 rings (SSSR count). The Balaban J connectivity index is 1.42. The van der Waals surface area contributed by atoms with Crippen molar-refractivity contribution in [2.24, 2.45) is 4.99 Å². The highest BCUT2D eigenvalue weighted by Crippen LogP contribution is 2.39. The number of hydrogen-bond acceptors (Lipinski definition) is 3. The number of hydrogen-bond donors (Lipinski definition) is 1. The largest absolute Gasteiger partial charge is 0.425 e. The smallest absolute Gasteiger partial charge is 0.335 e. The lowest BCUT2D eigenvalue weighted by Gasteiger charge is -2.24. The first kappa shape index (κ1) is 18.9. The first-order chi connectivity index (χ1) is 14.4. The molecule has 4 nitrogen and oxygen atoms in total. The zero-order valence-corrected chi connectivity index (χ0v) is 16.4. The normalized spacial score (nSPS) is 18.0. The Bertz CT molecular complexity index is 1150. The highest BCUT2D eigenvalue weighted by atomic mass is 32.1. The van der Waals surface area contributed by atoms with Gasteiger partial charge in [-0.2, -0.15) is 13.2 Å². The average Bonchev–Trinajstić information content (AvgIpc) is 3.46. The zero-order valence-electron chi connectivity index (χ0n) is 15.6. The predicted molar refractivity (Wildman–Crippen MR) is 112 cm³/mol. The fraction of sp³-hybridized carbons (Fsp3) is 0.182. The molecule has 0 bridgehead atoms. The van der Waals surface area contributed by atoms with Crippen LogP contribution >= 0.6 is 11.3 Å². The van der Waals surface area contributed by atoms with Crippen LogP contribution in [0.5, 0.6) is 0 Å². The number of urea groups is 1. The monoisotopic (exact) mass is 427 g/mol. The van der Waals surface area contributed by atoms with Crippen LogP contribution in [0.1, 0.15) is 22.0 Å². The molecule has 1 fully saturated rings. The lowest BCUT2D eigenvalue weighted by Crippen LogP contribution is -2.29. The molecule has 1 saturated heterocycles. The Morgan fingerprint density at radius 3 is 2.60 bits per heavy atom. The zero-order chi connectivity index (χ0) is 20.9. The maximum absolute atomic E-state index is 12.9. The second kappa shape index (κ2) is 6.98. The van der Waals surface area contributed by atoms with Crippen LogP contribution in [0.3, 0.4) is 0 Å². The molecular weight excluding hydrogens is 411 g/mol. The highest BCUT2D eigenvalue weighted by Gasteiger charge is 2.34. The molecule has 1 aromatic heterocycles. The molecule has 1 N–H and O–H groups in total. The van der Waals surface area contributed by atoms with Crippen LogP contribution in [0.4, 0.5) is 29.3 Å². The standard InChI is InChI=1S/C22H16F3N3OS/c23-22(24,25)20-8-7-19(30-20)15-3-1-14(2-4-15)18-12-27-21(29)28(18)16-6-5-13-9-10-26-17(13)11-16/h1-8,10-11,18H,9,12H2,(H,27,29). The number of thiophene rings is 1. The molecule has 0 radical (unpaired) electrons. The van der Waals surface area contributed by atoms with Crippen molar-refractivity contribution in [3.05, 3.63) is 70.6 Å². The molecule has 1 atom stereocenters. The van der Waals surface area contributed by atoms with E-state index in [9.17, 15) is 18.0 Å². The molecule has 30 heavy (non-hydrogen) atoms. The number of nitrogens with zero attached hydrogens (tertiary/aromatic N) is 2. The molecule has 3 aromatic rings. The quantitative estimate of drug-likeness (QED) is 0.551. The van der Waals surface area contributed by atoms with Gasteiger partial charge in [0.2, 0.25) is 0 Å². The Morgan fingerprint density at radius 2 is 1.87 bits per heavy atom. The number of alkyl halides is 3. The maximum Gasteiger partial charge on any atom is 0.425 e. The summed E-state index contributed by atoms with van der Waals surface area (Å²) in [5, 5.41) is 2.88. The lowest BCUT2D eigenvalue weighted by atomic mass is 10.0. The summed E-state index contributed by atoms with van der Waals surface area (Å²) >= 11 is 0.725. The van der Waals surface area contributed by atoms with Gasteiger partial charge in [0, 0.05) is 29.7 Å². The number of nitrogens with one attached hydrogen (secondary N) is 1. The van der Waals surface area contributed by atoms with Crippen molar-refractivity contribution < 1.29 is 18.0 Å². The summed E-state index contributed by atoms with van der Waals surface area (Å²) in [5.74, 6) is 0. The number of halogens is 3. The van der Waals surface area contributed by atoms with Gasteiger partial charge in [0.05, 0.1) is 11.7 Å². The summed E-state index contributed by atoms with van der Waals surface area (Å²) in [6.07, 6.45) is -1.69. The van der Waals surface area contributed by atoms with Crippen molar-refractivity contribution >= 4 is 35.0 Å². The highest BCUT2D eigenvalue weighted by molar-refractivity contribution is 7.15. The van der Waals surface area contributed by atoms with Gasteiger partial charge < -0.3 is 5.32 Å². The first-order valence-electron chi connectivity index (χ1n) is 9.40. The number of benzene rings is 2. The third-order valence-electron chi connectivity index (χ3n) is 5.33. The molecule has 8 heteroatoms. The van der Waals surface area contributed by atoms with Gasteiger partial charge >= 0.3 is 12.2 Å². The second-order valence-electron chi connectivity index (χ2n) is 7.18. The van der Waals surface area contributed by atoms with Gasteiger partial charge in [-0.15, -0.1) is 11.3 Å². The van der Waals surface area contributed by atoms with Gasteiger partial charge in [0.25, 0.3) is 0 Å². The SMILES string of the molecule is O=C1NCC(c2ccc(-c3ccc(C(F)(F)F)s3)cc2)N1c1ccc2c(c1)N=CC2. The fourth-order valence-electron chi connectivity index (χ4n) is 3.82. The minimum atomic E-state index is -4.33. The van der Waals surface area contributed by atoms with Crippen LogP contribution in [0.2, 0.25) is 0 Å². The topological polar surface area (TPSA) is 44.7 Å². The van der Waals surface area contributed by atoms with Gasteiger partial charge in [0.15, 0.2) is 0 Å². The summed E-state index contributed by atoms with van der Waals surface area (Å²) in [4.78, 5) is 18.5. The van der Waals surface area contributed by atoms with E-state index in [0.717, 1.165) is 51.9 Å². The van der Waals surface area contributed by atoms with Crippen LogP contribution in [0.25, 0.3) is 10.4 Å². The van der Waals surface area contributed by atoms with Crippen molar-refractivity contribution in [2.45, 2.75) is 18.6 Å².